The Kier molecular flexibility index (Phi) is 24.8. The first-order valence-electron chi connectivity index (χ1n) is 43.1. The van der Waals surface area contributed by atoms with Crippen LogP contribution in [0.1, 0.15) is 99.3 Å². The fraction of sp³-hybridized carbons (Fsp3) is 0.375. The summed E-state index contributed by atoms with van der Waals surface area (Å²) in [7, 11) is -7.42. The Bertz CT molecular complexity index is 6470. The third-order valence-electron chi connectivity index (χ3n) is 26.0. The smallest absolute Gasteiger partial charge is 0.246 e. The highest BCUT2D eigenvalue weighted by Crippen LogP contribution is 2.46. The first-order valence-corrected chi connectivity index (χ1v) is 46.5. The Morgan fingerprint density at radius 1 is 0.425 bits per heavy atom. The second kappa shape index (κ2) is 36.4. The summed E-state index contributed by atoms with van der Waals surface area (Å²) in [4.78, 5) is 75.4. The van der Waals surface area contributed by atoms with Crippen LogP contribution in [0.2, 0.25) is 0 Å². The SMILES string of the molecule is C=CC(=O)N1CCN(c2c(C#N)c(N3CC(N4CC4)C3)nc3c2CCN(c2cccc4cccc(C)c24)C3)C[C@@H]1CC#N.C=CC(=O)N1CCN(c2c(C#N)c(NS(=O)(=O)C3CC3)nc3c2CCN(c2cccc4cccc(C)c24)C3)C[C@@H]1CC#N.C=CC(=O)N1CCN(c2c(C#N)c(NS(C)(=O)=O)nc3c2CCN(c2cccc4cccc(C)c24)C3)C[C@@H]1CC#N. The number of nitrogens with one attached hydrogen (secondary N) is 2. The lowest BCUT2D eigenvalue weighted by Gasteiger charge is -2.45. The van der Waals surface area contributed by atoms with E-state index in [1.165, 1.54) is 51.2 Å². The van der Waals surface area contributed by atoms with E-state index in [0.29, 0.717) is 152 Å². The van der Waals surface area contributed by atoms with Gasteiger partial charge in [0.2, 0.25) is 37.8 Å². The largest absolute Gasteiger partial charge is 0.366 e. The van der Waals surface area contributed by atoms with E-state index in [2.05, 4.69) is 201 Å². The molecule has 9 aliphatic rings. The van der Waals surface area contributed by atoms with Gasteiger partial charge < -0.3 is 49.0 Å². The number of fused-ring (bicyclic) bond motifs is 6. The normalized spacial score (nSPS) is 18.6. The summed E-state index contributed by atoms with van der Waals surface area (Å²) in [6.07, 6.45) is 8.44. The van der Waals surface area contributed by atoms with Gasteiger partial charge in [-0.3, -0.25) is 28.7 Å². The second-order valence-corrected chi connectivity index (χ2v) is 37.6. The number of nitrogens with zero attached hydrogens (tertiary/aromatic N) is 20. The van der Waals surface area contributed by atoms with Crippen LogP contribution in [0, 0.1) is 88.8 Å². The molecule has 3 amide bonds. The number of aryl methyl sites for hydroxylation is 3. The molecule has 648 valence electrons. The number of hydrogen-bond acceptors (Lipinski definition) is 24. The van der Waals surface area contributed by atoms with Crippen LogP contribution in [-0.2, 0) is 73.3 Å². The summed E-state index contributed by atoms with van der Waals surface area (Å²) in [6.45, 7) is 28.7. The van der Waals surface area contributed by atoms with Gasteiger partial charge in [0.05, 0.1) is 121 Å². The highest BCUT2D eigenvalue weighted by atomic mass is 32.2. The standard InChI is InChI=1S/C34H36N8O.C32H33N7O3S.C30H31N7O3S/c1-3-31(43)42-17-16-40(19-25(42)10-12-35)33-27-11-13-39(30-9-5-8-24-7-4-6-23(2)32(24)30)22-29(27)37-34(28(33)18-36)41-20-26(21-41)38-14-15-38;1-3-29(40)39-17-16-38(19-23(39)12-14-33)31-25-13-15-37(28-9-5-8-22-7-4-6-21(2)30(22)28)20-27(25)35-32(26(31)18-34)36-43(41,42)24-10-11-24;1-4-27(38)37-16-15-36(18-22(37)11-13-31)29-23-12-14-35(26-10-6-9-21-8-5-7-20(2)28(21)26)19-25(23)33-30(24(29)17-32)34-41(3,39)40/h3-9,25-26H,1,10-11,13-17,19-22H2,2H3;3-9,23-24H,1,10-13,15-17,19-20H2,2H3,(H,35,36);4-10,22H,1,11-12,14-16,18-19H2,2-3H3,(H,33,34)/t25-;23-;22-/m000/s1. The van der Waals surface area contributed by atoms with Crippen LogP contribution in [0.25, 0.3) is 32.3 Å². The first-order chi connectivity index (χ1) is 61.4. The molecule has 6 fully saturated rings. The maximum absolute atomic E-state index is 13.1. The molecular weight excluding hydrogens is 1640 g/mol. The van der Waals surface area contributed by atoms with Crippen molar-refractivity contribution in [3.63, 3.8) is 0 Å². The number of amides is 3. The quantitative estimate of drug-likeness (QED) is 0.0561. The maximum Gasteiger partial charge on any atom is 0.246 e. The van der Waals surface area contributed by atoms with Crippen molar-refractivity contribution in [1.82, 2.24) is 34.6 Å². The van der Waals surface area contributed by atoms with Crippen LogP contribution in [0.3, 0.4) is 0 Å². The molecule has 18 rings (SSSR count). The van der Waals surface area contributed by atoms with E-state index in [4.69, 9.17) is 15.0 Å². The molecule has 31 heteroatoms. The molecule has 1 saturated carbocycles. The number of piperazine rings is 3. The van der Waals surface area contributed by atoms with Gasteiger partial charge in [0.1, 0.15) is 40.7 Å². The molecule has 11 heterocycles. The molecule has 6 aromatic carbocycles. The molecular formula is C96H100N22O7S2. The lowest BCUT2D eigenvalue weighted by molar-refractivity contribution is -0.129. The van der Waals surface area contributed by atoms with Crippen molar-refractivity contribution in [3.05, 3.63) is 214 Å². The van der Waals surface area contributed by atoms with Crippen molar-refractivity contribution >= 4 is 122 Å². The zero-order valence-electron chi connectivity index (χ0n) is 71.8. The van der Waals surface area contributed by atoms with Gasteiger partial charge in [0, 0.05) is 161 Å². The van der Waals surface area contributed by atoms with E-state index in [1.807, 2.05) is 34.1 Å². The van der Waals surface area contributed by atoms with Crippen molar-refractivity contribution < 1.29 is 31.2 Å². The predicted molar refractivity (Wildman–Crippen MR) is 493 cm³/mol. The molecule has 0 radical (unpaired) electrons. The summed E-state index contributed by atoms with van der Waals surface area (Å²) in [6, 6.07) is 50.9. The summed E-state index contributed by atoms with van der Waals surface area (Å²) >= 11 is 0. The van der Waals surface area contributed by atoms with E-state index in [1.54, 1.807) is 14.7 Å². The Morgan fingerprint density at radius 3 is 1.09 bits per heavy atom. The average Bonchev–Trinajstić information content (AvgIpc) is 1.67. The summed E-state index contributed by atoms with van der Waals surface area (Å²) in [5, 5.41) is 66.5. The van der Waals surface area contributed by atoms with Crippen LogP contribution in [-0.4, -0.2) is 209 Å². The zero-order chi connectivity index (χ0) is 89.3. The minimum Gasteiger partial charge on any atom is -0.366 e. The van der Waals surface area contributed by atoms with Gasteiger partial charge in [-0.25, -0.2) is 31.8 Å². The Balaban J connectivity index is 0.000000140. The predicted octanol–water partition coefficient (Wildman–Crippen LogP) is 11.1. The van der Waals surface area contributed by atoms with Gasteiger partial charge in [0.15, 0.2) is 11.6 Å². The molecule has 3 aromatic heterocycles. The van der Waals surface area contributed by atoms with E-state index >= 15 is 0 Å². The molecule has 29 nitrogen and oxygen atoms in total. The zero-order valence-corrected chi connectivity index (χ0v) is 73.5. The van der Waals surface area contributed by atoms with E-state index in [9.17, 15) is 62.8 Å². The second-order valence-electron chi connectivity index (χ2n) is 33.9. The van der Waals surface area contributed by atoms with Crippen LogP contribution in [0.4, 0.5) is 51.6 Å². The first kappa shape index (κ1) is 86.7. The Hall–Kier alpha value is -13.8. The van der Waals surface area contributed by atoms with Gasteiger partial charge in [-0.1, -0.05) is 111 Å². The fourth-order valence-electron chi connectivity index (χ4n) is 19.6. The van der Waals surface area contributed by atoms with Crippen LogP contribution < -0.4 is 43.7 Å². The lowest BCUT2D eigenvalue weighted by Crippen LogP contribution is -2.56. The monoisotopic (exact) mass is 1740 g/mol. The van der Waals surface area contributed by atoms with Crippen LogP contribution in [0.5, 0.6) is 0 Å². The number of carbonyl (C=O) groups excluding carboxylic acids is 3. The van der Waals surface area contributed by atoms with Gasteiger partial charge >= 0.3 is 0 Å². The molecule has 3 atom stereocenters. The topological polar surface area (TPSA) is 360 Å². The summed E-state index contributed by atoms with van der Waals surface area (Å²) < 4.78 is 55.9. The molecule has 0 unspecified atom stereocenters. The van der Waals surface area contributed by atoms with Crippen LogP contribution in [0.15, 0.2) is 147 Å². The number of aromatic nitrogens is 3. The minimum atomic E-state index is -3.73. The number of nitriles is 6. The molecule has 127 heavy (non-hydrogen) atoms. The van der Waals surface area contributed by atoms with Crippen LogP contribution >= 0.6 is 0 Å². The molecule has 1 aliphatic carbocycles. The highest BCUT2D eigenvalue weighted by molar-refractivity contribution is 7.93. The van der Waals surface area contributed by atoms with Gasteiger partial charge in [-0.15, -0.1) is 0 Å². The average molecular weight is 1740 g/mol. The molecule has 9 aromatic rings. The number of hydrogen-bond donors (Lipinski definition) is 2. The van der Waals surface area contributed by atoms with Crippen molar-refractivity contribution in [3.8, 4) is 36.4 Å². The lowest BCUT2D eigenvalue weighted by atomic mass is 9.94. The molecule has 2 N–H and O–H groups in total. The summed E-state index contributed by atoms with van der Waals surface area (Å²) in [5.74, 6) is 0.160. The molecule has 0 spiro atoms. The minimum absolute atomic E-state index is 0.0128. The molecule has 0 bridgehead atoms. The third-order valence-corrected chi connectivity index (χ3v) is 28.4. The fourth-order valence-corrected chi connectivity index (χ4v) is 21.5. The van der Waals surface area contributed by atoms with Crippen molar-refractivity contribution in [2.75, 3.05) is 155 Å². The highest BCUT2D eigenvalue weighted by Gasteiger charge is 2.44. The van der Waals surface area contributed by atoms with E-state index in [-0.39, 0.29) is 65.8 Å². The summed E-state index contributed by atoms with van der Waals surface area (Å²) in [5.41, 5.74) is 15.4. The Labute approximate surface area is 741 Å². The third kappa shape index (κ3) is 17.5. The maximum atomic E-state index is 13.1. The number of anilines is 9. The number of pyridine rings is 3. The number of rotatable bonds is 19. The van der Waals surface area contributed by atoms with Crippen molar-refractivity contribution in [1.29, 1.82) is 31.6 Å². The number of carbonyl (C=O) groups is 3. The number of sulfonamides is 2. The molecule has 5 saturated heterocycles. The van der Waals surface area contributed by atoms with Gasteiger partial charge in [-0.05, 0) is 122 Å². The molecule has 8 aliphatic heterocycles. The Morgan fingerprint density at radius 2 is 0.764 bits per heavy atom. The van der Waals surface area contributed by atoms with E-state index in [0.717, 1.165) is 112 Å². The number of benzene rings is 6. The van der Waals surface area contributed by atoms with E-state index < -0.39 is 37.4 Å². The van der Waals surface area contributed by atoms with Gasteiger partial charge in [0.25, 0.3) is 0 Å². The van der Waals surface area contributed by atoms with Crippen molar-refractivity contribution in [2.45, 2.75) is 121 Å². The van der Waals surface area contributed by atoms with Gasteiger partial charge in [-0.2, -0.15) is 31.6 Å². The van der Waals surface area contributed by atoms with Crippen molar-refractivity contribution in [2.24, 2.45) is 0 Å².